The van der Waals surface area contributed by atoms with E-state index in [9.17, 15) is 14.4 Å². The molecule has 0 bridgehead atoms. The third kappa shape index (κ3) is 5.72. The molecule has 0 aliphatic carbocycles. The molecule has 170 valence electrons. The van der Waals surface area contributed by atoms with Crippen molar-refractivity contribution in [2.75, 3.05) is 20.3 Å². The molecule has 1 aliphatic heterocycles. The molecule has 3 rings (SSSR count). The average Bonchev–Trinajstić information content (AvgIpc) is 3.13. The first-order valence-electron chi connectivity index (χ1n) is 10.2. The number of esters is 3. The third-order valence-electron chi connectivity index (χ3n) is 5.14. The molecule has 1 saturated heterocycles. The van der Waals surface area contributed by atoms with Gasteiger partial charge in [0.05, 0.1) is 5.56 Å². The van der Waals surface area contributed by atoms with Crippen molar-refractivity contribution in [3.05, 3.63) is 60.2 Å². The molecule has 0 spiro atoms. The molecule has 1 fully saturated rings. The van der Waals surface area contributed by atoms with Gasteiger partial charge in [-0.1, -0.05) is 42.5 Å². The summed E-state index contributed by atoms with van der Waals surface area (Å²) in [5.74, 6) is -1.67. The molecule has 0 amide bonds. The maximum atomic E-state index is 12.6. The van der Waals surface area contributed by atoms with Crippen molar-refractivity contribution in [2.45, 2.75) is 38.3 Å². The van der Waals surface area contributed by atoms with Crippen LogP contribution in [0, 0.1) is 0 Å². The molecular formula is C24H26O8. The van der Waals surface area contributed by atoms with Crippen LogP contribution in [0.25, 0.3) is 11.1 Å². The van der Waals surface area contributed by atoms with E-state index in [2.05, 4.69) is 0 Å². The standard InChI is InChI=1S/C24H26O8/c1-16(25)30-15-24(32-17(2)26)13-22(28-3)31-21(24)14-29-23(27)20-11-9-19(10-12-20)18-7-5-4-6-8-18/h4-12,21-22H,13-15H2,1-3H3/t21-,22-,24-/m1/s1. The van der Waals surface area contributed by atoms with Gasteiger partial charge in [0.2, 0.25) is 0 Å². The van der Waals surface area contributed by atoms with Crippen LogP contribution in [0.2, 0.25) is 0 Å². The second-order valence-electron chi connectivity index (χ2n) is 7.47. The van der Waals surface area contributed by atoms with E-state index in [1.807, 2.05) is 42.5 Å². The van der Waals surface area contributed by atoms with Crippen molar-refractivity contribution in [1.29, 1.82) is 0 Å². The van der Waals surface area contributed by atoms with Gasteiger partial charge in [0.15, 0.2) is 11.9 Å². The number of methoxy groups -OCH3 is 1. The second-order valence-corrected chi connectivity index (χ2v) is 7.47. The number of carbonyl (C=O) groups excluding carboxylic acids is 3. The number of carbonyl (C=O) groups is 3. The summed E-state index contributed by atoms with van der Waals surface area (Å²) in [7, 11) is 1.44. The lowest BCUT2D eigenvalue weighted by Gasteiger charge is -2.31. The Kier molecular flexibility index (Phi) is 7.61. The summed E-state index contributed by atoms with van der Waals surface area (Å²) in [6, 6.07) is 16.8. The highest BCUT2D eigenvalue weighted by atomic mass is 16.7. The zero-order chi connectivity index (χ0) is 23.1. The van der Waals surface area contributed by atoms with E-state index in [1.165, 1.54) is 21.0 Å². The van der Waals surface area contributed by atoms with E-state index in [0.29, 0.717) is 5.56 Å². The van der Waals surface area contributed by atoms with Crippen molar-refractivity contribution in [3.63, 3.8) is 0 Å². The van der Waals surface area contributed by atoms with Gasteiger partial charge < -0.3 is 23.7 Å². The Balaban J connectivity index is 1.70. The van der Waals surface area contributed by atoms with Crippen molar-refractivity contribution in [3.8, 4) is 11.1 Å². The molecule has 0 aromatic heterocycles. The number of ether oxygens (including phenoxy) is 5. The Hall–Kier alpha value is -3.23. The minimum atomic E-state index is -1.32. The molecule has 2 aromatic carbocycles. The fourth-order valence-corrected chi connectivity index (χ4v) is 3.56. The number of hydrogen-bond acceptors (Lipinski definition) is 8. The molecule has 2 aromatic rings. The number of rotatable bonds is 8. The van der Waals surface area contributed by atoms with E-state index >= 15 is 0 Å². The van der Waals surface area contributed by atoms with Crippen LogP contribution in [-0.2, 0) is 33.3 Å². The molecule has 3 atom stereocenters. The number of benzene rings is 2. The molecule has 32 heavy (non-hydrogen) atoms. The van der Waals surface area contributed by atoms with Crippen LogP contribution in [0.3, 0.4) is 0 Å². The van der Waals surface area contributed by atoms with Crippen molar-refractivity contribution in [2.24, 2.45) is 0 Å². The largest absolute Gasteiger partial charge is 0.461 e. The Bertz CT molecular complexity index is 940. The van der Waals surface area contributed by atoms with Gasteiger partial charge >= 0.3 is 17.9 Å². The van der Waals surface area contributed by atoms with Crippen LogP contribution >= 0.6 is 0 Å². The van der Waals surface area contributed by atoms with Gasteiger partial charge in [0.1, 0.15) is 19.3 Å². The lowest BCUT2D eigenvalue weighted by atomic mass is 9.96. The topological polar surface area (TPSA) is 97.4 Å². The summed E-state index contributed by atoms with van der Waals surface area (Å²) < 4.78 is 27.0. The van der Waals surface area contributed by atoms with E-state index in [4.69, 9.17) is 23.7 Å². The Morgan fingerprint density at radius 3 is 2.19 bits per heavy atom. The first kappa shape index (κ1) is 23.4. The summed E-state index contributed by atoms with van der Waals surface area (Å²) in [5, 5.41) is 0. The van der Waals surface area contributed by atoms with Crippen LogP contribution in [0.1, 0.15) is 30.6 Å². The lowest BCUT2D eigenvalue weighted by Crippen LogP contribution is -2.49. The molecule has 0 radical (unpaired) electrons. The van der Waals surface area contributed by atoms with Gasteiger partial charge in [-0.3, -0.25) is 9.59 Å². The maximum Gasteiger partial charge on any atom is 0.338 e. The molecule has 1 aliphatic rings. The summed E-state index contributed by atoms with van der Waals surface area (Å²) in [5.41, 5.74) is 1.05. The van der Waals surface area contributed by atoms with Crippen LogP contribution in [-0.4, -0.2) is 56.2 Å². The first-order valence-corrected chi connectivity index (χ1v) is 10.2. The molecule has 0 unspecified atom stereocenters. The smallest absolute Gasteiger partial charge is 0.338 e. The minimum absolute atomic E-state index is 0.129. The van der Waals surface area contributed by atoms with Gasteiger partial charge in [0, 0.05) is 27.4 Å². The fraction of sp³-hybridized carbons (Fsp3) is 0.375. The van der Waals surface area contributed by atoms with Gasteiger partial charge in [-0.25, -0.2) is 4.79 Å². The molecular weight excluding hydrogens is 416 g/mol. The van der Waals surface area contributed by atoms with Crippen molar-refractivity contribution < 1.29 is 38.1 Å². The molecule has 1 heterocycles. The highest BCUT2D eigenvalue weighted by Gasteiger charge is 2.53. The van der Waals surface area contributed by atoms with Gasteiger partial charge in [-0.05, 0) is 23.3 Å². The molecule has 0 N–H and O–H groups in total. The SMILES string of the molecule is CO[C@H]1C[C@](COC(C)=O)(OC(C)=O)[C@@H](COC(=O)c2ccc(-c3ccccc3)cc2)O1. The number of hydrogen-bond donors (Lipinski definition) is 0. The van der Waals surface area contributed by atoms with E-state index in [1.54, 1.807) is 12.1 Å². The highest BCUT2D eigenvalue weighted by molar-refractivity contribution is 5.90. The predicted octanol–water partition coefficient (Wildman–Crippen LogP) is 3.14. The Labute approximate surface area is 186 Å². The average molecular weight is 442 g/mol. The fourth-order valence-electron chi connectivity index (χ4n) is 3.56. The van der Waals surface area contributed by atoms with E-state index in [-0.39, 0.29) is 19.6 Å². The van der Waals surface area contributed by atoms with Crippen molar-refractivity contribution >= 4 is 17.9 Å². The van der Waals surface area contributed by atoms with Crippen molar-refractivity contribution in [1.82, 2.24) is 0 Å². The van der Waals surface area contributed by atoms with Crippen LogP contribution < -0.4 is 0 Å². The second kappa shape index (κ2) is 10.4. The summed E-state index contributed by atoms with van der Waals surface area (Å²) in [4.78, 5) is 35.7. The Morgan fingerprint density at radius 2 is 1.59 bits per heavy atom. The Morgan fingerprint density at radius 1 is 0.938 bits per heavy atom. The monoisotopic (exact) mass is 442 g/mol. The van der Waals surface area contributed by atoms with Crippen LogP contribution in [0.4, 0.5) is 0 Å². The summed E-state index contributed by atoms with van der Waals surface area (Å²) >= 11 is 0. The first-order chi connectivity index (χ1) is 15.3. The van der Waals surface area contributed by atoms with E-state index in [0.717, 1.165) is 11.1 Å². The third-order valence-corrected chi connectivity index (χ3v) is 5.14. The van der Waals surface area contributed by atoms with E-state index < -0.39 is 35.9 Å². The van der Waals surface area contributed by atoms with Gasteiger partial charge in [0.25, 0.3) is 0 Å². The predicted molar refractivity (Wildman–Crippen MR) is 114 cm³/mol. The zero-order valence-corrected chi connectivity index (χ0v) is 18.2. The highest BCUT2D eigenvalue weighted by Crippen LogP contribution is 2.36. The van der Waals surface area contributed by atoms with Gasteiger partial charge in [-0.15, -0.1) is 0 Å². The molecule has 8 heteroatoms. The summed E-state index contributed by atoms with van der Waals surface area (Å²) in [6.07, 6.45) is -1.45. The van der Waals surface area contributed by atoms with Crippen LogP contribution in [0.5, 0.6) is 0 Å². The summed E-state index contributed by atoms with van der Waals surface area (Å²) in [6.45, 7) is 2.04. The minimum Gasteiger partial charge on any atom is -0.461 e. The van der Waals surface area contributed by atoms with Crippen LogP contribution in [0.15, 0.2) is 54.6 Å². The zero-order valence-electron chi connectivity index (χ0n) is 18.2. The lowest BCUT2D eigenvalue weighted by molar-refractivity contribution is -0.182. The maximum absolute atomic E-state index is 12.6. The van der Waals surface area contributed by atoms with Gasteiger partial charge in [-0.2, -0.15) is 0 Å². The molecule has 0 saturated carbocycles. The quantitative estimate of drug-likeness (QED) is 0.454. The molecule has 8 nitrogen and oxygen atoms in total. The normalized spacial score (nSPS) is 22.2.